The summed E-state index contributed by atoms with van der Waals surface area (Å²) < 4.78 is 10.2. The summed E-state index contributed by atoms with van der Waals surface area (Å²) in [6.45, 7) is 2.03. The van der Waals surface area contributed by atoms with E-state index in [1.165, 1.54) is 0 Å². The van der Waals surface area contributed by atoms with Gasteiger partial charge in [0.15, 0.2) is 0 Å². The average Bonchev–Trinajstić information content (AvgIpc) is 2.81. The van der Waals surface area contributed by atoms with Crippen LogP contribution >= 0.6 is 0 Å². The van der Waals surface area contributed by atoms with E-state index in [0.717, 1.165) is 22.4 Å². The number of benzene rings is 1. The predicted octanol–water partition coefficient (Wildman–Crippen LogP) is 2.64. The molecule has 1 aromatic carbocycles. The van der Waals surface area contributed by atoms with E-state index in [-0.39, 0.29) is 6.04 Å². The van der Waals surface area contributed by atoms with Crippen LogP contribution < -0.4 is 10.5 Å². The number of nitrogens with two attached hydrogens (primary N) is 1. The van der Waals surface area contributed by atoms with Crippen LogP contribution in [0.15, 0.2) is 41.2 Å². The van der Waals surface area contributed by atoms with Crippen molar-refractivity contribution in [2.75, 3.05) is 7.11 Å². The van der Waals surface area contributed by atoms with Gasteiger partial charge in [0.25, 0.3) is 0 Å². The first-order chi connectivity index (χ1) is 7.72. The highest BCUT2D eigenvalue weighted by atomic mass is 16.5. The molecule has 0 aliphatic rings. The van der Waals surface area contributed by atoms with Gasteiger partial charge in [0.1, 0.15) is 5.75 Å². The first kappa shape index (κ1) is 10.8. The predicted molar refractivity (Wildman–Crippen MR) is 62.5 cm³/mol. The van der Waals surface area contributed by atoms with Gasteiger partial charge in [-0.25, -0.2) is 0 Å². The van der Waals surface area contributed by atoms with E-state index in [2.05, 4.69) is 0 Å². The molecule has 0 amide bonds. The van der Waals surface area contributed by atoms with Gasteiger partial charge in [-0.3, -0.25) is 0 Å². The van der Waals surface area contributed by atoms with Crippen molar-refractivity contribution in [1.29, 1.82) is 0 Å². The standard InChI is InChI=1S/C13H15NO2/c1-9-7-11(15-2)3-4-12(9)13(14)10-5-6-16-8-10/h3-8,13H,14H2,1-2H3. The van der Waals surface area contributed by atoms with Crippen molar-refractivity contribution in [1.82, 2.24) is 0 Å². The summed E-state index contributed by atoms with van der Waals surface area (Å²) in [7, 11) is 1.66. The highest BCUT2D eigenvalue weighted by molar-refractivity contribution is 5.40. The summed E-state index contributed by atoms with van der Waals surface area (Å²) in [5.74, 6) is 0.848. The van der Waals surface area contributed by atoms with Crippen molar-refractivity contribution in [2.24, 2.45) is 5.73 Å². The van der Waals surface area contributed by atoms with Gasteiger partial charge < -0.3 is 14.9 Å². The summed E-state index contributed by atoms with van der Waals surface area (Å²) in [6, 6.07) is 7.63. The summed E-state index contributed by atoms with van der Waals surface area (Å²) >= 11 is 0. The molecule has 0 saturated carbocycles. The van der Waals surface area contributed by atoms with Crippen LogP contribution in [-0.2, 0) is 0 Å². The third kappa shape index (κ3) is 1.95. The van der Waals surface area contributed by atoms with Crippen LogP contribution in [0.2, 0.25) is 0 Å². The first-order valence-corrected chi connectivity index (χ1v) is 5.14. The minimum absolute atomic E-state index is 0.148. The van der Waals surface area contributed by atoms with E-state index in [1.807, 2.05) is 31.2 Å². The summed E-state index contributed by atoms with van der Waals surface area (Å²) in [6.07, 6.45) is 3.31. The van der Waals surface area contributed by atoms with Gasteiger partial charge in [0, 0.05) is 5.56 Å². The lowest BCUT2D eigenvalue weighted by Gasteiger charge is -2.14. The molecule has 0 fully saturated rings. The Morgan fingerprint density at radius 1 is 1.31 bits per heavy atom. The van der Waals surface area contributed by atoms with Crippen LogP contribution in [0.3, 0.4) is 0 Å². The molecule has 3 heteroatoms. The molecule has 1 aromatic heterocycles. The summed E-state index contributed by atoms with van der Waals surface area (Å²) in [5, 5.41) is 0. The zero-order chi connectivity index (χ0) is 11.5. The largest absolute Gasteiger partial charge is 0.497 e. The molecule has 2 N–H and O–H groups in total. The SMILES string of the molecule is COc1ccc(C(N)c2ccoc2)c(C)c1. The lowest BCUT2D eigenvalue weighted by atomic mass is 9.97. The molecule has 0 spiro atoms. The summed E-state index contributed by atoms with van der Waals surface area (Å²) in [5.41, 5.74) is 9.34. The second-order valence-corrected chi connectivity index (χ2v) is 3.76. The quantitative estimate of drug-likeness (QED) is 0.859. The lowest BCUT2D eigenvalue weighted by Crippen LogP contribution is -2.12. The molecule has 3 nitrogen and oxygen atoms in total. The van der Waals surface area contributed by atoms with Gasteiger partial charge in [-0.1, -0.05) is 6.07 Å². The van der Waals surface area contributed by atoms with Gasteiger partial charge in [-0.15, -0.1) is 0 Å². The minimum Gasteiger partial charge on any atom is -0.497 e. The van der Waals surface area contributed by atoms with Gasteiger partial charge >= 0.3 is 0 Å². The lowest BCUT2D eigenvalue weighted by molar-refractivity contribution is 0.414. The van der Waals surface area contributed by atoms with E-state index in [9.17, 15) is 0 Å². The van der Waals surface area contributed by atoms with Gasteiger partial charge in [0.05, 0.1) is 25.7 Å². The normalized spacial score (nSPS) is 12.4. The van der Waals surface area contributed by atoms with Gasteiger partial charge in [-0.2, -0.15) is 0 Å². The van der Waals surface area contributed by atoms with E-state index >= 15 is 0 Å². The Hall–Kier alpha value is -1.74. The molecule has 84 valence electrons. The highest BCUT2D eigenvalue weighted by Crippen LogP contribution is 2.25. The van der Waals surface area contributed by atoms with Crippen molar-refractivity contribution >= 4 is 0 Å². The maximum absolute atomic E-state index is 6.15. The van der Waals surface area contributed by atoms with Crippen LogP contribution in [0.1, 0.15) is 22.7 Å². The second-order valence-electron chi connectivity index (χ2n) is 3.76. The van der Waals surface area contributed by atoms with Crippen LogP contribution in [0.4, 0.5) is 0 Å². The van der Waals surface area contributed by atoms with Crippen molar-refractivity contribution in [3.8, 4) is 5.75 Å². The van der Waals surface area contributed by atoms with Crippen LogP contribution in [0.25, 0.3) is 0 Å². The molecule has 2 aromatic rings. The monoisotopic (exact) mass is 217 g/mol. The Kier molecular flexibility index (Phi) is 2.97. The number of hydrogen-bond donors (Lipinski definition) is 1. The molecule has 0 aliphatic carbocycles. The molecule has 2 rings (SSSR count). The molecule has 0 radical (unpaired) electrons. The fraction of sp³-hybridized carbons (Fsp3) is 0.231. The maximum Gasteiger partial charge on any atom is 0.119 e. The van der Waals surface area contributed by atoms with Crippen molar-refractivity contribution in [2.45, 2.75) is 13.0 Å². The number of aryl methyl sites for hydroxylation is 1. The smallest absolute Gasteiger partial charge is 0.119 e. The zero-order valence-electron chi connectivity index (χ0n) is 9.44. The fourth-order valence-corrected chi connectivity index (χ4v) is 1.76. The van der Waals surface area contributed by atoms with E-state index in [1.54, 1.807) is 19.6 Å². The van der Waals surface area contributed by atoms with E-state index < -0.39 is 0 Å². The molecular formula is C13H15NO2. The van der Waals surface area contributed by atoms with Crippen molar-refractivity contribution in [3.05, 3.63) is 53.5 Å². The first-order valence-electron chi connectivity index (χ1n) is 5.14. The summed E-state index contributed by atoms with van der Waals surface area (Å²) in [4.78, 5) is 0. The number of furan rings is 1. The van der Waals surface area contributed by atoms with Gasteiger partial charge in [-0.05, 0) is 36.2 Å². The van der Waals surface area contributed by atoms with Crippen LogP contribution in [0.5, 0.6) is 5.75 Å². The van der Waals surface area contributed by atoms with Crippen LogP contribution in [0, 0.1) is 6.92 Å². The molecule has 1 heterocycles. The van der Waals surface area contributed by atoms with Crippen LogP contribution in [-0.4, -0.2) is 7.11 Å². The Bertz CT molecular complexity index is 463. The maximum atomic E-state index is 6.15. The highest BCUT2D eigenvalue weighted by Gasteiger charge is 2.12. The Labute approximate surface area is 94.8 Å². The Balaban J connectivity index is 2.34. The van der Waals surface area contributed by atoms with Crippen molar-refractivity contribution < 1.29 is 9.15 Å². The third-order valence-corrected chi connectivity index (χ3v) is 2.71. The third-order valence-electron chi connectivity index (χ3n) is 2.71. The number of hydrogen-bond acceptors (Lipinski definition) is 3. The topological polar surface area (TPSA) is 48.4 Å². The van der Waals surface area contributed by atoms with E-state index in [4.69, 9.17) is 14.9 Å². The fourth-order valence-electron chi connectivity index (χ4n) is 1.76. The zero-order valence-corrected chi connectivity index (χ0v) is 9.44. The Morgan fingerprint density at radius 2 is 2.12 bits per heavy atom. The molecule has 0 saturated heterocycles. The molecule has 1 atom stereocenters. The van der Waals surface area contributed by atoms with Gasteiger partial charge in [0.2, 0.25) is 0 Å². The average molecular weight is 217 g/mol. The number of rotatable bonds is 3. The second kappa shape index (κ2) is 4.41. The molecular weight excluding hydrogens is 202 g/mol. The molecule has 16 heavy (non-hydrogen) atoms. The molecule has 1 unspecified atom stereocenters. The minimum atomic E-state index is -0.148. The Morgan fingerprint density at radius 3 is 2.69 bits per heavy atom. The van der Waals surface area contributed by atoms with E-state index in [0.29, 0.717) is 0 Å². The molecule has 0 aliphatic heterocycles. The number of methoxy groups -OCH3 is 1. The molecule has 0 bridgehead atoms. The number of ether oxygens (including phenoxy) is 1. The van der Waals surface area contributed by atoms with Crippen molar-refractivity contribution in [3.63, 3.8) is 0 Å².